The van der Waals surface area contributed by atoms with Crippen molar-refractivity contribution >= 4 is 34.5 Å². The first-order valence-corrected chi connectivity index (χ1v) is 12.9. The maximum atomic E-state index is 13.8. The Labute approximate surface area is 224 Å². The minimum atomic E-state index is -0.572. The van der Waals surface area contributed by atoms with E-state index in [2.05, 4.69) is 6.07 Å². The Balaban J connectivity index is 1.60. The summed E-state index contributed by atoms with van der Waals surface area (Å²) in [5, 5.41) is 23.1. The molecule has 1 aliphatic heterocycles. The zero-order valence-electron chi connectivity index (χ0n) is 20.6. The molecule has 194 valence electrons. The van der Waals surface area contributed by atoms with Gasteiger partial charge in [0.05, 0.1) is 33.2 Å². The average molecular weight is 541 g/mol. The molecule has 0 bridgehead atoms. The molecule has 1 aromatic heterocycles. The average Bonchev–Trinajstić information content (AvgIpc) is 3.25. The zero-order chi connectivity index (χ0) is 27.3. The van der Waals surface area contributed by atoms with E-state index in [0.717, 1.165) is 28.8 Å². The summed E-state index contributed by atoms with van der Waals surface area (Å²) >= 11 is 1.18. The third-order valence-corrected chi connectivity index (χ3v) is 7.95. The van der Waals surface area contributed by atoms with Gasteiger partial charge in [-0.25, -0.2) is 4.99 Å². The molecule has 39 heavy (non-hydrogen) atoms. The van der Waals surface area contributed by atoms with E-state index in [0.29, 0.717) is 26.9 Å². The molecule has 3 aromatic carbocycles. The van der Waals surface area contributed by atoms with Crippen LogP contribution in [0.1, 0.15) is 34.7 Å². The topological polar surface area (TPSA) is 130 Å². The zero-order valence-corrected chi connectivity index (χ0v) is 21.4. The van der Waals surface area contributed by atoms with Gasteiger partial charge in [0.2, 0.25) is 0 Å². The fourth-order valence-corrected chi connectivity index (χ4v) is 6.22. The van der Waals surface area contributed by atoms with Crippen LogP contribution >= 0.6 is 11.3 Å². The highest BCUT2D eigenvalue weighted by molar-refractivity contribution is 7.07. The smallest absolute Gasteiger partial charge is 0.311 e. The second-order valence-electron chi connectivity index (χ2n) is 9.15. The molecule has 0 saturated carbocycles. The van der Waals surface area contributed by atoms with Crippen LogP contribution in [0.25, 0.3) is 11.8 Å². The molecule has 0 amide bonds. The first-order valence-electron chi connectivity index (χ1n) is 12.1. The number of fused-ring (bicyclic) bond motifs is 3. The van der Waals surface area contributed by atoms with Gasteiger partial charge in [0.15, 0.2) is 10.6 Å². The van der Waals surface area contributed by atoms with Gasteiger partial charge < -0.3 is 4.74 Å². The predicted molar refractivity (Wildman–Crippen MR) is 145 cm³/mol. The van der Waals surface area contributed by atoms with Crippen molar-refractivity contribution in [3.8, 4) is 5.75 Å². The van der Waals surface area contributed by atoms with Crippen LogP contribution in [0.4, 0.5) is 11.4 Å². The molecule has 0 radical (unpaired) electrons. The standard InChI is InChI=1S/C28H20N4O6S/c1-38-23-12-9-16(13-22(23)32(36)37)14-24-27(33)30-26(18-6-4-7-19(15-18)31(34)35)21-11-10-17-5-2-3-8-20(17)25(21)29-28(30)39-24/h2-9,12-15,26H,10-11H2,1H3/b24-14-. The Hall–Kier alpha value is -4.90. The number of benzene rings is 3. The molecule has 1 unspecified atom stereocenters. The lowest BCUT2D eigenvalue weighted by molar-refractivity contribution is -0.385. The molecule has 6 rings (SSSR count). The van der Waals surface area contributed by atoms with Crippen LogP contribution in [-0.4, -0.2) is 21.5 Å². The summed E-state index contributed by atoms with van der Waals surface area (Å²) in [7, 11) is 1.36. The van der Waals surface area contributed by atoms with Gasteiger partial charge in [0, 0.05) is 23.8 Å². The second-order valence-corrected chi connectivity index (χ2v) is 10.2. The summed E-state index contributed by atoms with van der Waals surface area (Å²) < 4.78 is 7.01. The lowest BCUT2D eigenvalue weighted by Crippen LogP contribution is -2.38. The highest BCUT2D eigenvalue weighted by Gasteiger charge is 2.33. The van der Waals surface area contributed by atoms with Crippen LogP contribution in [0.15, 0.2) is 82.1 Å². The van der Waals surface area contributed by atoms with Gasteiger partial charge >= 0.3 is 5.69 Å². The summed E-state index contributed by atoms with van der Waals surface area (Å²) in [4.78, 5) is 41.3. The molecule has 1 atom stereocenters. The largest absolute Gasteiger partial charge is 0.490 e. The van der Waals surface area contributed by atoms with E-state index < -0.39 is 15.9 Å². The number of rotatable bonds is 5. The Kier molecular flexibility index (Phi) is 5.92. The van der Waals surface area contributed by atoms with E-state index >= 15 is 0 Å². The molecular weight excluding hydrogens is 520 g/mol. The minimum Gasteiger partial charge on any atom is -0.490 e. The lowest BCUT2D eigenvalue weighted by Gasteiger charge is -2.30. The monoisotopic (exact) mass is 540 g/mol. The first-order chi connectivity index (χ1) is 18.9. The summed E-state index contributed by atoms with van der Waals surface area (Å²) in [6.07, 6.45) is 3.01. The van der Waals surface area contributed by atoms with Gasteiger partial charge in [0.25, 0.3) is 11.2 Å². The number of hydrogen-bond donors (Lipinski definition) is 0. The molecule has 2 aliphatic rings. The molecule has 2 heterocycles. The number of nitro benzene ring substituents is 2. The van der Waals surface area contributed by atoms with Gasteiger partial charge in [-0.1, -0.05) is 53.8 Å². The van der Waals surface area contributed by atoms with E-state index in [1.54, 1.807) is 28.8 Å². The molecule has 0 spiro atoms. The van der Waals surface area contributed by atoms with Crippen molar-refractivity contribution in [2.45, 2.75) is 18.9 Å². The molecular formula is C28H20N4O6S. The van der Waals surface area contributed by atoms with E-state index in [-0.39, 0.29) is 22.7 Å². The van der Waals surface area contributed by atoms with Crippen molar-refractivity contribution in [2.75, 3.05) is 7.11 Å². The van der Waals surface area contributed by atoms with Crippen molar-refractivity contribution < 1.29 is 14.6 Å². The van der Waals surface area contributed by atoms with E-state index in [9.17, 15) is 25.0 Å². The minimum absolute atomic E-state index is 0.0597. The molecule has 4 aromatic rings. The van der Waals surface area contributed by atoms with Crippen molar-refractivity contribution in [1.29, 1.82) is 0 Å². The number of thiazole rings is 1. The van der Waals surface area contributed by atoms with Gasteiger partial charge in [-0.05, 0) is 47.2 Å². The van der Waals surface area contributed by atoms with E-state index in [4.69, 9.17) is 9.73 Å². The lowest BCUT2D eigenvalue weighted by atomic mass is 9.83. The van der Waals surface area contributed by atoms with Crippen LogP contribution < -0.4 is 19.6 Å². The third-order valence-electron chi connectivity index (χ3n) is 6.97. The van der Waals surface area contributed by atoms with E-state index in [1.165, 1.54) is 42.7 Å². The molecule has 0 fully saturated rings. The van der Waals surface area contributed by atoms with E-state index in [1.807, 2.05) is 18.2 Å². The normalized spacial score (nSPS) is 16.1. The fraction of sp³-hybridized carbons (Fsp3) is 0.143. The Morgan fingerprint density at radius 2 is 1.85 bits per heavy atom. The van der Waals surface area contributed by atoms with Crippen molar-refractivity contribution in [3.05, 3.63) is 134 Å². The SMILES string of the molecule is COc1ccc(/C=c2\sc3n(c2=O)C(c2cccc([N+](=O)[O-])c2)C2=C(N=3)c3ccccc3CC2)cc1[N+](=O)[O-]. The fourth-order valence-electron chi connectivity index (χ4n) is 5.22. The summed E-state index contributed by atoms with van der Waals surface area (Å²) in [5.74, 6) is 0.121. The second kappa shape index (κ2) is 9.44. The Morgan fingerprint density at radius 3 is 2.62 bits per heavy atom. The number of aromatic nitrogens is 1. The van der Waals surface area contributed by atoms with Crippen molar-refractivity contribution in [3.63, 3.8) is 0 Å². The Bertz CT molecular complexity index is 1910. The maximum absolute atomic E-state index is 13.8. The third kappa shape index (κ3) is 4.12. The van der Waals surface area contributed by atoms with Crippen LogP contribution in [0.2, 0.25) is 0 Å². The van der Waals surface area contributed by atoms with Crippen LogP contribution in [-0.2, 0) is 6.42 Å². The Morgan fingerprint density at radius 1 is 1.03 bits per heavy atom. The quantitative estimate of drug-likeness (QED) is 0.276. The van der Waals surface area contributed by atoms with Gasteiger partial charge in [0.1, 0.15) is 0 Å². The van der Waals surface area contributed by atoms with Crippen LogP contribution in [0.3, 0.4) is 0 Å². The highest BCUT2D eigenvalue weighted by Crippen LogP contribution is 2.41. The number of allylic oxidation sites excluding steroid dienone is 1. The number of ether oxygens (including phenoxy) is 1. The van der Waals surface area contributed by atoms with Crippen molar-refractivity contribution in [2.24, 2.45) is 4.99 Å². The number of aryl methyl sites for hydroxylation is 1. The number of nitro groups is 2. The summed E-state index contributed by atoms with van der Waals surface area (Å²) in [6, 6.07) is 18.2. The van der Waals surface area contributed by atoms with Crippen molar-refractivity contribution in [1.82, 2.24) is 4.57 Å². The maximum Gasteiger partial charge on any atom is 0.311 e. The summed E-state index contributed by atoms with van der Waals surface area (Å²) in [5.41, 5.74) is 4.34. The predicted octanol–water partition coefficient (Wildman–Crippen LogP) is 4.14. The number of nitrogens with zero attached hydrogens (tertiary/aromatic N) is 4. The molecule has 10 nitrogen and oxygen atoms in total. The highest BCUT2D eigenvalue weighted by atomic mass is 32.1. The van der Waals surface area contributed by atoms with Gasteiger partial charge in [-0.15, -0.1) is 0 Å². The number of non-ortho nitro benzene ring substituents is 1. The summed E-state index contributed by atoms with van der Waals surface area (Å²) in [6.45, 7) is 0. The number of methoxy groups -OCH3 is 1. The van der Waals surface area contributed by atoms with Crippen LogP contribution in [0.5, 0.6) is 5.75 Å². The molecule has 1 aliphatic carbocycles. The number of hydrogen-bond acceptors (Lipinski definition) is 8. The van der Waals surface area contributed by atoms with Gasteiger partial charge in [-0.3, -0.25) is 29.6 Å². The van der Waals surface area contributed by atoms with Crippen LogP contribution in [0, 0.1) is 20.2 Å². The molecule has 0 saturated heterocycles. The molecule has 0 N–H and O–H groups in total. The first kappa shape index (κ1) is 24.4. The molecule has 11 heteroatoms. The van der Waals surface area contributed by atoms with Gasteiger partial charge in [-0.2, -0.15) is 0 Å².